The summed E-state index contributed by atoms with van der Waals surface area (Å²) in [5.74, 6) is -7.57. The Morgan fingerprint density at radius 1 is 0.407 bits per heavy atom. The molecule has 0 heterocycles. The second kappa shape index (κ2) is 16.2. The Morgan fingerprint density at radius 3 is 0.593 bits per heavy atom. The number of rotatable bonds is 12. The van der Waals surface area contributed by atoms with Crippen molar-refractivity contribution >= 4 is 35.8 Å². The summed E-state index contributed by atoms with van der Waals surface area (Å²) in [5, 5.41) is 49.7. The average molecular weight is 545 g/mol. The zero-order valence-electron chi connectivity index (χ0n) is 13.6. The molecule has 0 unspecified atom stereocenters. The first kappa shape index (κ1) is 29.8. The maximum Gasteiger partial charge on any atom is 0.317 e. The number of carbonyl (C=O) groups is 6. The van der Waals surface area contributed by atoms with Crippen molar-refractivity contribution in [2.24, 2.45) is 0 Å². The average Bonchev–Trinajstić information content (AvgIpc) is 2.33. The molecule has 15 heteroatoms. The fourth-order valence-corrected chi connectivity index (χ4v) is 1.48. The van der Waals surface area contributed by atoms with Crippen LogP contribution in [-0.4, -0.2) is 116 Å². The van der Waals surface area contributed by atoms with Crippen molar-refractivity contribution in [1.29, 1.82) is 0 Å². The van der Waals surface area contributed by atoms with Crippen LogP contribution in [0.3, 0.4) is 0 Å². The fraction of sp³-hybridized carbons (Fsp3) is 0.500. The van der Waals surface area contributed by atoms with Crippen molar-refractivity contribution in [2.75, 3.05) is 39.3 Å². The van der Waals surface area contributed by atoms with Gasteiger partial charge < -0.3 is 30.6 Å². The van der Waals surface area contributed by atoms with Crippen molar-refractivity contribution in [1.82, 2.24) is 9.80 Å². The van der Waals surface area contributed by atoms with Gasteiger partial charge in [0.05, 0.1) is 39.3 Å². The standard InChI is InChI=1S/2C6H9NO6.Dy/c2*8-4(9)1-7(2-5(10)11)3-6(12)13;/h2*1-3H2,(H,8,9)(H,10,11)(H,12,13);. The SMILES string of the molecule is O=C(O)CN(CC(=O)O)CC(=O)O.O=C(O)CN(CC(=O)O)CC(=O)O.[Dy]. The molecule has 0 aliphatic heterocycles. The van der Waals surface area contributed by atoms with Crippen LogP contribution in [-0.2, 0) is 28.8 Å². The Bertz CT molecular complexity index is 428. The minimum absolute atomic E-state index is 0. The van der Waals surface area contributed by atoms with E-state index in [-0.39, 0.29) is 38.2 Å². The molecule has 0 rings (SSSR count). The normalized spacial score (nSPS) is 9.56. The maximum absolute atomic E-state index is 10.1. The number of hydrogen-bond donors (Lipinski definition) is 6. The molecule has 14 nitrogen and oxygen atoms in total. The summed E-state index contributed by atoms with van der Waals surface area (Å²) in [5.41, 5.74) is 0. The van der Waals surface area contributed by atoms with Crippen LogP contribution >= 0.6 is 0 Å². The van der Waals surface area contributed by atoms with E-state index in [1.807, 2.05) is 0 Å². The third kappa shape index (κ3) is 24.0. The van der Waals surface area contributed by atoms with Gasteiger partial charge in [-0.2, -0.15) is 0 Å². The summed E-state index contributed by atoms with van der Waals surface area (Å²) in [6.45, 7) is -3.59. The molecular weight excluding hydrogens is 527 g/mol. The molecule has 6 N–H and O–H groups in total. The van der Waals surface area contributed by atoms with E-state index in [1.54, 1.807) is 0 Å². The second-order valence-corrected chi connectivity index (χ2v) is 4.65. The largest absolute Gasteiger partial charge is 0.480 e. The van der Waals surface area contributed by atoms with Crippen LogP contribution in [0.1, 0.15) is 0 Å². The summed E-state index contributed by atoms with van der Waals surface area (Å²) in [4.78, 5) is 62.5. The van der Waals surface area contributed by atoms with E-state index in [1.165, 1.54) is 0 Å². The summed E-state index contributed by atoms with van der Waals surface area (Å²) in [6.07, 6.45) is 0. The minimum Gasteiger partial charge on any atom is -0.480 e. The number of aliphatic carboxylic acids is 6. The molecule has 0 saturated heterocycles. The third-order valence-electron chi connectivity index (χ3n) is 2.15. The molecule has 0 aliphatic carbocycles. The summed E-state index contributed by atoms with van der Waals surface area (Å²) < 4.78 is 0. The first-order chi connectivity index (χ1) is 11.8. The van der Waals surface area contributed by atoms with Crippen molar-refractivity contribution < 1.29 is 97.6 Å². The molecule has 27 heavy (non-hydrogen) atoms. The molecule has 0 amide bonds. The van der Waals surface area contributed by atoms with Crippen molar-refractivity contribution in [3.63, 3.8) is 0 Å². The van der Waals surface area contributed by atoms with E-state index in [0.717, 1.165) is 9.80 Å². The van der Waals surface area contributed by atoms with Gasteiger partial charge >= 0.3 is 35.8 Å². The Labute approximate surface area is 182 Å². The fourth-order valence-electron chi connectivity index (χ4n) is 1.48. The van der Waals surface area contributed by atoms with E-state index in [4.69, 9.17) is 30.6 Å². The number of nitrogens with zero attached hydrogens (tertiary/aromatic N) is 2. The topological polar surface area (TPSA) is 230 Å². The van der Waals surface area contributed by atoms with Crippen LogP contribution < -0.4 is 0 Å². The molecular formula is C12H18DyN2O12. The van der Waals surface area contributed by atoms with Gasteiger partial charge in [-0.05, 0) is 0 Å². The van der Waals surface area contributed by atoms with Gasteiger partial charge in [0.15, 0.2) is 0 Å². The summed E-state index contributed by atoms with van der Waals surface area (Å²) >= 11 is 0. The van der Waals surface area contributed by atoms with E-state index >= 15 is 0 Å². The minimum atomic E-state index is -1.26. The van der Waals surface area contributed by atoms with E-state index in [2.05, 4.69) is 0 Å². The number of hydrogen-bond acceptors (Lipinski definition) is 8. The van der Waals surface area contributed by atoms with Gasteiger partial charge in [0.2, 0.25) is 0 Å². The Hall–Kier alpha value is -1.99. The third-order valence-corrected chi connectivity index (χ3v) is 2.15. The van der Waals surface area contributed by atoms with Gasteiger partial charge in [0.1, 0.15) is 0 Å². The molecule has 0 aromatic carbocycles. The Balaban J connectivity index is -0.000000411. The van der Waals surface area contributed by atoms with E-state index in [0.29, 0.717) is 0 Å². The smallest absolute Gasteiger partial charge is 0.317 e. The second-order valence-electron chi connectivity index (χ2n) is 4.65. The first-order valence-electron chi connectivity index (χ1n) is 6.59. The Kier molecular flexibility index (Phi) is 17.9. The van der Waals surface area contributed by atoms with Gasteiger partial charge in [0.25, 0.3) is 0 Å². The van der Waals surface area contributed by atoms with Gasteiger partial charge in [-0.15, -0.1) is 0 Å². The van der Waals surface area contributed by atoms with E-state index < -0.39 is 75.1 Å². The van der Waals surface area contributed by atoms with Crippen LogP contribution in [0.25, 0.3) is 0 Å². The summed E-state index contributed by atoms with van der Waals surface area (Å²) in [7, 11) is 0. The van der Waals surface area contributed by atoms with Crippen molar-refractivity contribution in [3.05, 3.63) is 0 Å². The first-order valence-corrected chi connectivity index (χ1v) is 6.59. The van der Waals surface area contributed by atoms with E-state index in [9.17, 15) is 28.8 Å². The van der Waals surface area contributed by atoms with Crippen molar-refractivity contribution in [3.8, 4) is 0 Å². The molecule has 0 radical (unpaired) electrons. The van der Waals surface area contributed by atoms with Crippen LogP contribution in [0, 0.1) is 38.2 Å². The molecule has 0 aliphatic rings. The molecule has 0 spiro atoms. The molecule has 0 aromatic rings. The Morgan fingerprint density at radius 2 is 0.519 bits per heavy atom. The molecule has 0 aromatic heterocycles. The van der Waals surface area contributed by atoms with Gasteiger partial charge in [-0.1, -0.05) is 0 Å². The van der Waals surface area contributed by atoms with Crippen LogP contribution in [0.2, 0.25) is 0 Å². The summed E-state index contributed by atoms with van der Waals surface area (Å²) in [6, 6.07) is 0. The quantitative estimate of drug-likeness (QED) is 0.145. The van der Waals surface area contributed by atoms with Crippen molar-refractivity contribution in [2.45, 2.75) is 0 Å². The van der Waals surface area contributed by atoms with Crippen LogP contribution in [0.4, 0.5) is 0 Å². The molecule has 0 fully saturated rings. The predicted octanol–water partition coefficient (Wildman–Crippen LogP) is -2.92. The molecule has 158 valence electrons. The van der Waals surface area contributed by atoms with Crippen LogP contribution in [0.5, 0.6) is 0 Å². The zero-order chi connectivity index (χ0) is 20.9. The van der Waals surface area contributed by atoms with Gasteiger partial charge in [0, 0.05) is 38.2 Å². The number of carboxylic acid groups (broad SMARTS) is 6. The maximum atomic E-state index is 10.1. The molecule has 0 bridgehead atoms. The molecule has 0 saturated carbocycles. The number of carboxylic acids is 6. The monoisotopic (exact) mass is 546 g/mol. The molecule has 0 atom stereocenters. The predicted molar refractivity (Wildman–Crippen MR) is 78.7 cm³/mol. The zero-order valence-corrected chi connectivity index (χ0v) is 15.6. The van der Waals surface area contributed by atoms with Crippen LogP contribution in [0.15, 0.2) is 0 Å². The van der Waals surface area contributed by atoms with Gasteiger partial charge in [-0.3, -0.25) is 38.6 Å². The van der Waals surface area contributed by atoms with Gasteiger partial charge in [-0.25, -0.2) is 0 Å².